The summed E-state index contributed by atoms with van der Waals surface area (Å²) in [6, 6.07) is -0.907. The smallest absolute Gasteiger partial charge is 0.456 e. The number of quaternary nitrogens is 1. The van der Waals surface area contributed by atoms with Crippen LogP contribution in [0.1, 0.15) is 207 Å². The molecule has 0 aromatic rings. The number of nitrogens with zero attached hydrogens (tertiary/aromatic N) is 1. The van der Waals surface area contributed by atoms with Gasteiger partial charge in [-0.15, -0.1) is 0 Å². The zero-order valence-corrected chi connectivity index (χ0v) is 47.5. The number of hydrogen-bond acceptors (Lipinski definition) is 6. The highest BCUT2D eigenvalue weighted by molar-refractivity contribution is 7.47. The van der Waals surface area contributed by atoms with Gasteiger partial charge < -0.3 is 19.4 Å². The molecule has 0 aliphatic carbocycles. The second-order valence-electron chi connectivity index (χ2n) is 19.7. The Hall–Kier alpha value is -3.59. The van der Waals surface area contributed by atoms with E-state index in [4.69, 9.17) is 13.8 Å². The van der Waals surface area contributed by atoms with Crippen LogP contribution in [-0.4, -0.2) is 74.3 Å². The first-order valence-corrected chi connectivity index (χ1v) is 29.9. The Morgan fingerprint density at radius 3 is 1.36 bits per heavy atom. The number of rotatable bonds is 49. The van der Waals surface area contributed by atoms with E-state index in [1.807, 2.05) is 33.3 Å². The number of allylic oxidation sites excluding steroid dienone is 19. The van der Waals surface area contributed by atoms with Gasteiger partial charge in [0.25, 0.3) is 0 Å². The number of unbranched alkanes of at least 4 members (excludes halogenated alkanes) is 15. The van der Waals surface area contributed by atoms with Gasteiger partial charge in [-0.05, 0) is 109 Å². The summed E-state index contributed by atoms with van der Waals surface area (Å²) in [6.45, 7) is 6.75. The Kier molecular flexibility index (Phi) is 48.4. The molecule has 2 N–H and O–H groups in total. The number of likely N-dealkylation sites (N-methyl/N-ethyl adjacent to an activating group) is 1. The lowest BCUT2D eigenvalue weighted by Crippen LogP contribution is -2.47. The summed E-state index contributed by atoms with van der Waals surface area (Å²) >= 11 is 0. The third kappa shape index (κ3) is 51.3. The van der Waals surface area contributed by atoms with E-state index in [1.54, 1.807) is 0 Å². The van der Waals surface area contributed by atoms with Crippen molar-refractivity contribution in [3.63, 3.8) is 0 Å². The standard InChI is InChI=1S/C62H105N2O7P/c1-7-10-13-16-19-22-25-28-30-32-34-36-39-42-45-48-51-54-61(65)63-59(58-70-72(67,68)69-57-56-64(4,5)6)60(53-50-47-44-41-38-27-24-21-18-15-12-9-3)71-62(66)55-52-49-46-43-40-37-35-33-31-29-26-23-20-17-14-11-8-2/h11,14,19-20,22-23,28-31,34-37,42-43,45-46,50,53,59-60H,7-10,12-13,15-18,21,24-27,32-33,38-41,44,47-49,51-52,54-58H2,1-6H3,(H-,63,65,67,68)/p+1/b14-11-,22-19-,23-20-,30-28-,31-29-,36-34-,37-35-,45-42-,46-43-,53-50+. The molecule has 0 aliphatic rings. The fourth-order valence-corrected chi connectivity index (χ4v) is 8.00. The molecular weight excluding hydrogens is 916 g/mol. The van der Waals surface area contributed by atoms with Crippen LogP contribution >= 0.6 is 7.82 Å². The highest BCUT2D eigenvalue weighted by Gasteiger charge is 2.30. The zero-order valence-electron chi connectivity index (χ0n) is 46.6. The van der Waals surface area contributed by atoms with Gasteiger partial charge in [0.1, 0.15) is 19.3 Å². The Bertz CT molecular complexity index is 1650. The van der Waals surface area contributed by atoms with Gasteiger partial charge in [-0.1, -0.05) is 207 Å². The average Bonchev–Trinajstić information content (AvgIpc) is 3.34. The first kappa shape index (κ1) is 68.4. The molecule has 410 valence electrons. The van der Waals surface area contributed by atoms with E-state index in [9.17, 15) is 19.0 Å². The maximum atomic E-state index is 13.5. The lowest BCUT2D eigenvalue weighted by Gasteiger charge is -2.27. The molecule has 0 radical (unpaired) electrons. The lowest BCUT2D eigenvalue weighted by atomic mass is 10.1. The van der Waals surface area contributed by atoms with Crippen LogP contribution in [0, 0.1) is 0 Å². The van der Waals surface area contributed by atoms with Crippen molar-refractivity contribution in [1.82, 2.24) is 5.32 Å². The van der Waals surface area contributed by atoms with E-state index in [-0.39, 0.29) is 32.0 Å². The number of carbonyl (C=O) groups is 2. The Balaban J connectivity index is 5.56. The zero-order chi connectivity index (χ0) is 52.9. The summed E-state index contributed by atoms with van der Waals surface area (Å²) in [5.41, 5.74) is 0. The molecule has 9 nitrogen and oxygen atoms in total. The molecule has 0 aromatic carbocycles. The summed E-state index contributed by atoms with van der Waals surface area (Å²) in [7, 11) is 1.41. The van der Waals surface area contributed by atoms with Crippen molar-refractivity contribution in [1.29, 1.82) is 0 Å². The topological polar surface area (TPSA) is 111 Å². The van der Waals surface area contributed by atoms with Gasteiger partial charge in [-0.25, -0.2) is 4.57 Å². The number of amides is 1. The van der Waals surface area contributed by atoms with Crippen LogP contribution in [-0.2, 0) is 27.9 Å². The minimum Gasteiger partial charge on any atom is -0.456 e. The summed E-state index contributed by atoms with van der Waals surface area (Å²) in [6.07, 6.45) is 70.7. The van der Waals surface area contributed by atoms with E-state index >= 15 is 0 Å². The highest BCUT2D eigenvalue weighted by Crippen LogP contribution is 2.43. The molecule has 3 unspecified atom stereocenters. The Morgan fingerprint density at radius 1 is 0.500 bits per heavy atom. The van der Waals surface area contributed by atoms with E-state index in [1.165, 1.54) is 77.0 Å². The molecule has 10 heteroatoms. The summed E-state index contributed by atoms with van der Waals surface area (Å²) in [5.74, 6) is -0.650. The SMILES string of the molecule is CC/C=C\C/C=C\C/C=C\C/C=C\C/C=C\CCCC(=O)OC(/C=C/CCCCCCCCCCCC)C(COP(=O)(O)OCC[N+](C)(C)C)NC(=O)CCC/C=C\C/C=C\C/C=C\C/C=C\CCCCC. The first-order valence-electron chi connectivity index (χ1n) is 28.4. The van der Waals surface area contributed by atoms with Gasteiger partial charge >= 0.3 is 13.8 Å². The molecule has 3 atom stereocenters. The van der Waals surface area contributed by atoms with Gasteiger partial charge in [0.15, 0.2) is 0 Å². The van der Waals surface area contributed by atoms with E-state index in [2.05, 4.69) is 135 Å². The molecule has 0 aliphatic heterocycles. The van der Waals surface area contributed by atoms with Crippen LogP contribution < -0.4 is 5.32 Å². The second kappa shape index (κ2) is 50.9. The average molecular weight is 1020 g/mol. The van der Waals surface area contributed by atoms with Gasteiger partial charge in [-0.3, -0.25) is 18.6 Å². The van der Waals surface area contributed by atoms with E-state index in [0.29, 0.717) is 23.9 Å². The largest absolute Gasteiger partial charge is 0.472 e. The minimum absolute atomic E-state index is 0.0147. The number of ether oxygens (including phenoxy) is 1. The van der Waals surface area contributed by atoms with Crippen LogP contribution in [0.5, 0.6) is 0 Å². The van der Waals surface area contributed by atoms with Crippen molar-refractivity contribution in [3.05, 3.63) is 122 Å². The predicted molar refractivity (Wildman–Crippen MR) is 309 cm³/mol. The molecule has 0 saturated carbocycles. The maximum Gasteiger partial charge on any atom is 0.472 e. The van der Waals surface area contributed by atoms with Gasteiger partial charge in [0.05, 0.1) is 33.8 Å². The fraction of sp³-hybridized carbons (Fsp3) is 0.645. The van der Waals surface area contributed by atoms with Crippen molar-refractivity contribution in [3.8, 4) is 0 Å². The molecule has 0 fully saturated rings. The quantitative estimate of drug-likeness (QED) is 0.0205. The summed E-state index contributed by atoms with van der Waals surface area (Å²) in [5, 5.41) is 2.99. The van der Waals surface area contributed by atoms with Crippen LogP contribution in [0.15, 0.2) is 122 Å². The number of esters is 1. The van der Waals surface area contributed by atoms with Crippen molar-refractivity contribution >= 4 is 19.7 Å². The van der Waals surface area contributed by atoms with Crippen molar-refractivity contribution in [2.75, 3.05) is 40.9 Å². The van der Waals surface area contributed by atoms with Crippen molar-refractivity contribution < 1.29 is 37.3 Å². The third-order valence-electron chi connectivity index (χ3n) is 11.6. The number of carbonyl (C=O) groups excluding carboxylic acids is 2. The minimum atomic E-state index is -4.48. The lowest BCUT2D eigenvalue weighted by molar-refractivity contribution is -0.870. The van der Waals surface area contributed by atoms with Gasteiger partial charge in [0.2, 0.25) is 5.91 Å². The summed E-state index contributed by atoms with van der Waals surface area (Å²) < 4.78 is 30.5. The van der Waals surface area contributed by atoms with Crippen LogP contribution in [0.4, 0.5) is 0 Å². The monoisotopic (exact) mass is 1020 g/mol. The molecule has 1 amide bonds. The van der Waals surface area contributed by atoms with Gasteiger partial charge in [-0.2, -0.15) is 0 Å². The van der Waals surface area contributed by atoms with Crippen LogP contribution in [0.3, 0.4) is 0 Å². The number of phosphoric ester groups is 1. The molecule has 0 aromatic heterocycles. The van der Waals surface area contributed by atoms with Gasteiger partial charge in [0, 0.05) is 12.8 Å². The van der Waals surface area contributed by atoms with E-state index < -0.39 is 25.9 Å². The normalized spacial score (nSPS) is 14.7. The number of hydrogen-bond donors (Lipinski definition) is 2. The molecule has 0 bridgehead atoms. The van der Waals surface area contributed by atoms with Crippen LogP contribution in [0.2, 0.25) is 0 Å². The number of nitrogens with one attached hydrogen (secondary N) is 1. The molecule has 0 saturated heterocycles. The van der Waals surface area contributed by atoms with Crippen LogP contribution in [0.25, 0.3) is 0 Å². The molecular formula is C62H106N2O7P+. The molecule has 0 spiro atoms. The molecule has 72 heavy (non-hydrogen) atoms. The molecule has 0 rings (SSSR count). The molecule has 0 heterocycles. The summed E-state index contributed by atoms with van der Waals surface area (Å²) in [4.78, 5) is 37.5. The fourth-order valence-electron chi connectivity index (χ4n) is 7.26. The number of phosphoric acid groups is 1. The maximum absolute atomic E-state index is 13.5. The Labute approximate surface area is 442 Å². The predicted octanol–water partition coefficient (Wildman–Crippen LogP) is 17.2. The van der Waals surface area contributed by atoms with Crippen molar-refractivity contribution in [2.45, 2.75) is 219 Å². The third-order valence-corrected chi connectivity index (χ3v) is 12.6. The highest BCUT2D eigenvalue weighted by atomic mass is 31.2. The Morgan fingerprint density at radius 2 is 0.889 bits per heavy atom. The second-order valence-corrected chi connectivity index (χ2v) is 21.2. The van der Waals surface area contributed by atoms with E-state index in [0.717, 1.165) is 83.5 Å². The van der Waals surface area contributed by atoms with Crippen molar-refractivity contribution in [2.24, 2.45) is 0 Å². The first-order chi connectivity index (χ1) is 34.9.